The van der Waals surface area contributed by atoms with Gasteiger partial charge in [-0.3, -0.25) is 4.79 Å². The highest BCUT2D eigenvalue weighted by Gasteiger charge is 2.03. The molecular formula is C12H27ClN2O2. The summed E-state index contributed by atoms with van der Waals surface area (Å²) in [6.45, 7) is 3.25. The molecule has 0 aromatic heterocycles. The summed E-state index contributed by atoms with van der Waals surface area (Å²) < 4.78 is 0. The predicted molar refractivity (Wildman–Crippen MR) is 73.3 cm³/mol. The van der Waals surface area contributed by atoms with Gasteiger partial charge in [-0.2, -0.15) is 0 Å². The molecule has 5 heteroatoms. The molecule has 0 fully saturated rings. The molecule has 0 aromatic rings. The fourth-order valence-corrected chi connectivity index (χ4v) is 1.45. The van der Waals surface area contributed by atoms with E-state index in [0.29, 0.717) is 19.4 Å². The molecule has 0 aliphatic rings. The minimum absolute atomic E-state index is 0. The van der Waals surface area contributed by atoms with E-state index in [-0.39, 0.29) is 24.4 Å². The van der Waals surface area contributed by atoms with Gasteiger partial charge >= 0.3 is 0 Å². The summed E-state index contributed by atoms with van der Waals surface area (Å²) in [6, 6.07) is 0. The highest BCUT2D eigenvalue weighted by Crippen LogP contribution is 2.02. The standard InChI is InChI=1S/C12H26N2O2.ClH/c1-2-11(15)8-10-14-12(16)7-5-3-4-6-9-13;/h11,15H,2-10,13H2,1H3,(H,14,16);1H. The van der Waals surface area contributed by atoms with Gasteiger partial charge in [0, 0.05) is 13.0 Å². The van der Waals surface area contributed by atoms with Crippen LogP contribution in [0, 0.1) is 0 Å². The van der Waals surface area contributed by atoms with E-state index in [0.717, 1.165) is 38.6 Å². The SMILES string of the molecule is CCC(O)CCNC(=O)CCCCCCN.Cl. The molecule has 1 amide bonds. The van der Waals surface area contributed by atoms with Crippen LogP contribution in [0.5, 0.6) is 0 Å². The van der Waals surface area contributed by atoms with Crippen molar-refractivity contribution < 1.29 is 9.90 Å². The Hall–Kier alpha value is -0.320. The van der Waals surface area contributed by atoms with Crippen molar-refractivity contribution >= 4 is 18.3 Å². The summed E-state index contributed by atoms with van der Waals surface area (Å²) in [4.78, 5) is 11.3. The lowest BCUT2D eigenvalue weighted by Crippen LogP contribution is -2.26. The number of hydrogen-bond donors (Lipinski definition) is 3. The van der Waals surface area contributed by atoms with Crippen molar-refractivity contribution in [1.29, 1.82) is 0 Å². The van der Waals surface area contributed by atoms with Crippen molar-refractivity contribution in [2.24, 2.45) is 5.73 Å². The molecule has 1 unspecified atom stereocenters. The maximum absolute atomic E-state index is 11.3. The quantitative estimate of drug-likeness (QED) is 0.526. The minimum atomic E-state index is -0.287. The lowest BCUT2D eigenvalue weighted by atomic mass is 10.1. The van der Waals surface area contributed by atoms with E-state index in [9.17, 15) is 9.90 Å². The van der Waals surface area contributed by atoms with Gasteiger partial charge in [0.2, 0.25) is 5.91 Å². The van der Waals surface area contributed by atoms with Crippen molar-refractivity contribution in [2.45, 2.75) is 58.0 Å². The van der Waals surface area contributed by atoms with Gasteiger partial charge in [0.15, 0.2) is 0 Å². The number of nitrogens with one attached hydrogen (secondary N) is 1. The maximum atomic E-state index is 11.3. The third-order valence-electron chi connectivity index (χ3n) is 2.63. The summed E-state index contributed by atoms with van der Waals surface area (Å²) >= 11 is 0. The van der Waals surface area contributed by atoms with Crippen LogP contribution < -0.4 is 11.1 Å². The van der Waals surface area contributed by atoms with Crippen LogP contribution >= 0.6 is 12.4 Å². The van der Waals surface area contributed by atoms with Crippen molar-refractivity contribution in [2.75, 3.05) is 13.1 Å². The molecule has 0 heterocycles. The number of carbonyl (C=O) groups is 1. The maximum Gasteiger partial charge on any atom is 0.219 e. The Kier molecular flexibility index (Phi) is 15.4. The van der Waals surface area contributed by atoms with Gasteiger partial charge in [-0.1, -0.05) is 19.8 Å². The highest BCUT2D eigenvalue weighted by atomic mass is 35.5. The van der Waals surface area contributed by atoms with Crippen LogP contribution in [0.4, 0.5) is 0 Å². The second-order valence-electron chi connectivity index (χ2n) is 4.15. The third-order valence-corrected chi connectivity index (χ3v) is 2.63. The molecule has 0 aliphatic heterocycles. The zero-order chi connectivity index (χ0) is 12.2. The Morgan fingerprint density at radius 2 is 1.94 bits per heavy atom. The second kappa shape index (κ2) is 13.7. The van der Waals surface area contributed by atoms with Gasteiger partial charge in [0.25, 0.3) is 0 Å². The molecule has 0 saturated carbocycles. The Morgan fingerprint density at radius 1 is 1.29 bits per heavy atom. The first-order chi connectivity index (χ1) is 7.70. The molecule has 17 heavy (non-hydrogen) atoms. The average molecular weight is 267 g/mol. The highest BCUT2D eigenvalue weighted by molar-refractivity contribution is 5.85. The minimum Gasteiger partial charge on any atom is -0.393 e. The third kappa shape index (κ3) is 13.6. The fraction of sp³-hybridized carbons (Fsp3) is 0.917. The largest absolute Gasteiger partial charge is 0.393 e. The van der Waals surface area contributed by atoms with E-state index in [1.165, 1.54) is 0 Å². The van der Waals surface area contributed by atoms with Crippen LogP contribution in [-0.2, 0) is 4.79 Å². The van der Waals surface area contributed by atoms with Crippen LogP contribution in [0.3, 0.4) is 0 Å². The Balaban J connectivity index is 0. The van der Waals surface area contributed by atoms with Crippen LogP contribution in [-0.4, -0.2) is 30.2 Å². The number of rotatable bonds is 10. The van der Waals surface area contributed by atoms with E-state index < -0.39 is 0 Å². The molecule has 104 valence electrons. The molecule has 0 rings (SSSR count). The molecule has 0 aromatic carbocycles. The topological polar surface area (TPSA) is 75.3 Å². The second-order valence-corrected chi connectivity index (χ2v) is 4.15. The average Bonchev–Trinajstić information content (AvgIpc) is 2.28. The molecule has 1 atom stereocenters. The number of amides is 1. The van der Waals surface area contributed by atoms with Crippen molar-refractivity contribution in [3.63, 3.8) is 0 Å². The van der Waals surface area contributed by atoms with Crippen molar-refractivity contribution in [3.8, 4) is 0 Å². The first kappa shape index (κ1) is 19.0. The first-order valence-corrected chi connectivity index (χ1v) is 6.35. The monoisotopic (exact) mass is 266 g/mol. The Morgan fingerprint density at radius 3 is 2.53 bits per heavy atom. The first-order valence-electron chi connectivity index (χ1n) is 6.35. The lowest BCUT2D eigenvalue weighted by Gasteiger charge is -2.08. The van der Waals surface area contributed by atoms with E-state index >= 15 is 0 Å². The Labute approximate surface area is 111 Å². The number of hydrogen-bond acceptors (Lipinski definition) is 3. The van der Waals surface area contributed by atoms with Gasteiger partial charge in [0.1, 0.15) is 0 Å². The molecular weight excluding hydrogens is 240 g/mol. The number of unbranched alkanes of at least 4 members (excludes halogenated alkanes) is 3. The van der Waals surface area contributed by atoms with Crippen LogP contribution in [0.25, 0.3) is 0 Å². The van der Waals surface area contributed by atoms with E-state index in [1.807, 2.05) is 6.92 Å². The number of aliphatic hydroxyl groups excluding tert-OH is 1. The predicted octanol–water partition coefficient (Wildman–Crippen LogP) is 1.59. The molecule has 4 nitrogen and oxygen atoms in total. The summed E-state index contributed by atoms with van der Waals surface area (Å²) in [5, 5.41) is 12.1. The van der Waals surface area contributed by atoms with E-state index in [4.69, 9.17) is 5.73 Å². The number of aliphatic hydroxyl groups is 1. The van der Waals surface area contributed by atoms with Gasteiger partial charge in [-0.25, -0.2) is 0 Å². The van der Waals surface area contributed by atoms with E-state index in [1.54, 1.807) is 0 Å². The van der Waals surface area contributed by atoms with Gasteiger partial charge in [-0.05, 0) is 32.2 Å². The zero-order valence-corrected chi connectivity index (χ0v) is 11.6. The molecule has 0 saturated heterocycles. The fourth-order valence-electron chi connectivity index (χ4n) is 1.45. The molecule has 0 aliphatic carbocycles. The summed E-state index contributed by atoms with van der Waals surface area (Å²) in [5.41, 5.74) is 5.37. The number of carbonyl (C=O) groups excluding carboxylic acids is 1. The molecule has 4 N–H and O–H groups in total. The van der Waals surface area contributed by atoms with Crippen molar-refractivity contribution in [3.05, 3.63) is 0 Å². The summed E-state index contributed by atoms with van der Waals surface area (Å²) in [6.07, 6.45) is 5.86. The van der Waals surface area contributed by atoms with Gasteiger partial charge in [0.05, 0.1) is 6.10 Å². The van der Waals surface area contributed by atoms with E-state index in [2.05, 4.69) is 5.32 Å². The molecule has 0 radical (unpaired) electrons. The molecule has 0 bridgehead atoms. The number of halogens is 1. The summed E-state index contributed by atoms with van der Waals surface area (Å²) in [5.74, 6) is 0.0936. The Bertz CT molecular complexity index is 180. The van der Waals surface area contributed by atoms with Crippen LogP contribution in [0.1, 0.15) is 51.9 Å². The van der Waals surface area contributed by atoms with Gasteiger partial charge < -0.3 is 16.2 Å². The number of nitrogens with two attached hydrogens (primary N) is 1. The normalized spacial score (nSPS) is 11.7. The smallest absolute Gasteiger partial charge is 0.219 e. The lowest BCUT2D eigenvalue weighted by molar-refractivity contribution is -0.121. The van der Waals surface area contributed by atoms with Crippen LogP contribution in [0.15, 0.2) is 0 Å². The summed E-state index contributed by atoms with van der Waals surface area (Å²) in [7, 11) is 0. The van der Waals surface area contributed by atoms with Crippen molar-refractivity contribution in [1.82, 2.24) is 5.32 Å². The van der Waals surface area contributed by atoms with Crippen LogP contribution in [0.2, 0.25) is 0 Å². The molecule has 0 spiro atoms. The van der Waals surface area contributed by atoms with Gasteiger partial charge in [-0.15, -0.1) is 12.4 Å². The zero-order valence-electron chi connectivity index (χ0n) is 10.8.